The lowest BCUT2D eigenvalue weighted by molar-refractivity contribution is -0.145. The van der Waals surface area contributed by atoms with Crippen molar-refractivity contribution >= 4 is 5.97 Å². The van der Waals surface area contributed by atoms with Crippen molar-refractivity contribution in [1.29, 1.82) is 0 Å². The van der Waals surface area contributed by atoms with E-state index in [0.717, 1.165) is 25.7 Å². The van der Waals surface area contributed by atoms with E-state index in [1.807, 2.05) is 0 Å². The Morgan fingerprint density at radius 2 is 1.38 bits per heavy atom. The predicted molar refractivity (Wildman–Crippen MR) is 78.2 cm³/mol. The lowest BCUT2D eigenvalue weighted by Crippen LogP contribution is -2.14. The molecule has 0 radical (unpaired) electrons. The molecule has 0 rings (SSSR count). The molecule has 0 amide bonds. The molecule has 0 aliphatic carbocycles. The maximum absolute atomic E-state index is 11.7. The third-order valence-electron chi connectivity index (χ3n) is 2.69. The topological polar surface area (TPSA) is 54.0 Å². The van der Waals surface area contributed by atoms with Gasteiger partial charge in [0.25, 0.3) is 0 Å². The fourth-order valence-electron chi connectivity index (χ4n) is 1.58. The number of ether oxygens (including phenoxy) is 4. The maximum atomic E-state index is 11.7. The van der Waals surface area contributed by atoms with Crippen LogP contribution in [0.25, 0.3) is 0 Å². The molecule has 6 heteroatoms. The first kappa shape index (κ1) is 20.3. The molecule has 0 unspecified atom stereocenters. The van der Waals surface area contributed by atoms with E-state index in [1.165, 1.54) is 0 Å². The van der Waals surface area contributed by atoms with Crippen molar-refractivity contribution in [2.75, 3.05) is 52.9 Å². The van der Waals surface area contributed by atoms with E-state index < -0.39 is 6.67 Å². The molecule has 0 N–H and O–H groups in total. The molecule has 0 aliphatic rings. The molecule has 126 valence electrons. The number of hydrogen-bond donors (Lipinski definition) is 0. The summed E-state index contributed by atoms with van der Waals surface area (Å²) in [7, 11) is 0. The fourth-order valence-corrected chi connectivity index (χ4v) is 1.58. The van der Waals surface area contributed by atoms with Crippen molar-refractivity contribution in [3.05, 3.63) is 0 Å². The van der Waals surface area contributed by atoms with Crippen molar-refractivity contribution in [3.63, 3.8) is 0 Å². The highest BCUT2D eigenvalue weighted by molar-refractivity contribution is 5.69. The third kappa shape index (κ3) is 17.2. The van der Waals surface area contributed by atoms with Gasteiger partial charge in [0, 0.05) is 6.42 Å². The molecule has 0 saturated carbocycles. The normalized spacial score (nSPS) is 10.8. The van der Waals surface area contributed by atoms with Crippen molar-refractivity contribution in [2.24, 2.45) is 0 Å². The van der Waals surface area contributed by atoms with Crippen molar-refractivity contribution in [3.8, 4) is 0 Å². The highest BCUT2D eigenvalue weighted by Crippen LogP contribution is 2.03. The first-order chi connectivity index (χ1) is 10.3. The Morgan fingerprint density at radius 1 is 0.810 bits per heavy atom. The molecule has 5 nitrogen and oxygen atoms in total. The number of halogens is 1. The van der Waals surface area contributed by atoms with E-state index in [9.17, 15) is 9.18 Å². The van der Waals surface area contributed by atoms with Gasteiger partial charge in [0.05, 0.1) is 39.6 Å². The monoisotopic (exact) mass is 308 g/mol. The van der Waals surface area contributed by atoms with Gasteiger partial charge in [0.2, 0.25) is 0 Å². The Morgan fingerprint density at radius 3 is 1.95 bits per heavy atom. The molecule has 0 aromatic heterocycles. The van der Waals surface area contributed by atoms with Crippen molar-refractivity contribution in [1.82, 2.24) is 0 Å². The van der Waals surface area contributed by atoms with E-state index in [1.54, 1.807) is 0 Å². The first-order valence-corrected chi connectivity index (χ1v) is 7.76. The fraction of sp³-hybridized carbons (Fsp3) is 0.933. The van der Waals surface area contributed by atoms with E-state index in [-0.39, 0.29) is 19.2 Å². The number of hydrogen-bond acceptors (Lipinski definition) is 5. The smallest absolute Gasteiger partial charge is 0.305 e. The van der Waals surface area contributed by atoms with Crippen LogP contribution < -0.4 is 0 Å². The molecule has 0 aliphatic heterocycles. The molecule has 0 saturated heterocycles. The largest absolute Gasteiger partial charge is 0.463 e. The highest BCUT2D eigenvalue weighted by atomic mass is 19.1. The van der Waals surface area contributed by atoms with Crippen LogP contribution >= 0.6 is 0 Å². The molecule has 0 aromatic carbocycles. The summed E-state index contributed by atoms with van der Waals surface area (Å²) < 4.78 is 32.1. The number of esters is 1. The van der Waals surface area contributed by atoms with Gasteiger partial charge in [0.1, 0.15) is 13.3 Å². The average molecular weight is 308 g/mol. The van der Waals surface area contributed by atoms with Gasteiger partial charge in [-0.3, -0.25) is 4.79 Å². The summed E-state index contributed by atoms with van der Waals surface area (Å²) in [6, 6.07) is 0. The lowest BCUT2D eigenvalue weighted by Gasteiger charge is -2.07. The third-order valence-corrected chi connectivity index (χ3v) is 2.69. The zero-order chi connectivity index (χ0) is 15.6. The Kier molecular flexibility index (Phi) is 16.7. The predicted octanol–water partition coefficient (Wildman–Crippen LogP) is 2.52. The van der Waals surface area contributed by atoms with Gasteiger partial charge in [-0.05, 0) is 6.42 Å². The van der Waals surface area contributed by atoms with Crippen LogP contribution in [0.4, 0.5) is 4.39 Å². The van der Waals surface area contributed by atoms with Crippen LogP contribution in [0, 0.1) is 0 Å². The van der Waals surface area contributed by atoms with Gasteiger partial charge in [-0.1, -0.05) is 26.2 Å². The van der Waals surface area contributed by atoms with E-state index >= 15 is 0 Å². The Labute approximate surface area is 127 Å². The second kappa shape index (κ2) is 17.3. The maximum Gasteiger partial charge on any atom is 0.305 e. The molecule has 0 heterocycles. The Bertz CT molecular complexity index is 226. The van der Waals surface area contributed by atoms with Crippen LogP contribution in [-0.2, 0) is 23.7 Å². The SMILES string of the molecule is CCCCCCC(=O)OCCOCCOCCOCCF. The number of rotatable bonds is 16. The summed E-state index contributed by atoms with van der Waals surface area (Å²) in [4.78, 5) is 11.3. The van der Waals surface area contributed by atoms with Crippen LogP contribution in [0.5, 0.6) is 0 Å². The van der Waals surface area contributed by atoms with Crippen LogP contribution in [0.15, 0.2) is 0 Å². The lowest BCUT2D eigenvalue weighted by atomic mass is 10.2. The van der Waals surface area contributed by atoms with E-state index in [4.69, 9.17) is 18.9 Å². The van der Waals surface area contributed by atoms with Gasteiger partial charge >= 0.3 is 5.97 Å². The van der Waals surface area contributed by atoms with Gasteiger partial charge < -0.3 is 18.9 Å². The zero-order valence-corrected chi connectivity index (χ0v) is 13.1. The highest BCUT2D eigenvalue weighted by Gasteiger charge is 2.01. The van der Waals surface area contributed by atoms with Crippen LogP contribution in [0.1, 0.15) is 39.0 Å². The molecular weight excluding hydrogens is 279 g/mol. The van der Waals surface area contributed by atoms with Crippen molar-refractivity contribution < 1.29 is 28.1 Å². The summed E-state index contributed by atoms with van der Waals surface area (Å²) in [5, 5.41) is 0. The Hall–Kier alpha value is -0.720. The van der Waals surface area contributed by atoms with E-state index in [2.05, 4.69) is 6.92 Å². The quantitative estimate of drug-likeness (QED) is 0.324. The van der Waals surface area contributed by atoms with Gasteiger partial charge in [-0.25, -0.2) is 4.39 Å². The summed E-state index contributed by atoms with van der Waals surface area (Å²) in [5.41, 5.74) is 0. The molecule has 0 fully saturated rings. The minimum absolute atomic E-state index is 0.115. The van der Waals surface area contributed by atoms with Gasteiger partial charge in [-0.15, -0.1) is 0 Å². The van der Waals surface area contributed by atoms with Crippen LogP contribution in [0.2, 0.25) is 0 Å². The number of carbonyl (C=O) groups is 1. The second-order valence-electron chi connectivity index (χ2n) is 4.56. The Balaban J connectivity index is 3.09. The molecule has 0 spiro atoms. The summed E-state index contributed by atoms with van der Waals surface area (Å²) in [5.74, 6) is -0.157. The van der Waals surface area contributed by atoms with Crippen LogP contribution in [-0.4, -0.2) is 58.9 Å². The second-order valence-corrected chi connectivity index (χ2v) is 4.56. The molecule has 21 heavy (non-hydrogen) atoms. The number of alkyl halides is 1. The van der Waals surface area contributed by atoms with Crippen LogP contribution in [0.3, 0.4) is 0 Å². The summed E-state index contributed by atoms with van der Waals surface area (Å²) in [6.45, 7) is 4.14. The minimum Gasteiger partial charge on any atom is -0.463 e. The summed E-state index contributed by atoms with van der Waals surface area (Å²) >= 11 is 0. The molecular formula is C15H29FO5. The first-order valence-electron chi connectivity index (χ1n) is 7.76. The molecule has 0 aromatic rings. The molecule has 0 bridgehead atoms. The van der Waals surface area contributed by atoms with Crippen molar-refractivity contribution in [2.45, 2.75) is 39.0 Å². The van der Waals surface area contributed by atoms with E-state index in [0.29, 0.717) is 39.5 Å². The number of carbonyl (C=O) groups excluding carboxylic acids is 1. The summed E-state index contributed by atoms with van der Waals surface area (Å²) in [6.07, 6.45) is 4.78. The number of unbranched alkanes of at least 4 members (excludes halogenated alkanes) is 3. The average Bonchev–Trinajstić information content (AvgIpc) is 2.49. The standard InChI is InChI=1S/C15H29FO5/c1-2-3-4-5-6-15(17)21-14-13-20-12-11-19-10-9-18-8-7-16/h2-14H2,1H3. The zero-order valence-electron chi connectivity index (χ0n) is 13.1. The molecule has 0 atom stereocenters. The minimum atomic E-state index is -0.472. The van der Waals surface area contributed by atoms with Gasteiger partial charge in [-0.2, -0.15) is 0 Å². The van der Waals surface area contributed by atoms with Gasteiger partial charge in [0.15, 0.2) is 0 Å².